The number of ether oxygens (including phenoxy) is 2. The van der Waals surface area contributed by atoms with Crippen LogP contribution in [-0.4, -0.2) is 35.4 Å². The van der Waals surface area contributed by atoms with Gasteiger partial charge in [-0.25, -0.2) is 0 Å². The number of pyridine rings is 2. The Morgan fingerprint density at radius 1 is 0.304 bits per heavy atom. The lowest BCUT2D eigenvalue weighted by Gasteiger charge is -2.35. The first kappa shape index (κ1) is 63.7. The molecule has 4 heterocycles. The summed E-state index contributed by atoms with van der Waals surface area (Å²) in [7, 11) is 0. The van der Waals surface area contributed by atoms with Gasteiger partial charge in [-0.15, -0.1) is 0 Å². The lowest BCUT2D eigenvalue weighted by Crippen LogP contribution is -2.31. The molecule has 6 aliphatic carbocycles. The van der Waals surface area contributed by atoms with Gasteiger partial charge in [0.2, 0.25) is 0 Å². The zero-order valence-corrected chi connectivity index (χ0v) is 47.2. The summed E-state index contributed by atoms with van der Waals surface area (Å²) in [5.41, 5.74) is 11.9. The van der Waals surface area contributed by atoms with Gasteiger partial charge in [-0.2, -0.15) is 0 Å². The highest BCUT2D eigenvalue weighted by molar-refractivity contribution is 5.31. The Balaban J connectivity index is 0.000000396. The van der Waals surface area contributed by atoms with Crippen molar-refractivity contribution >= 4 is 0 Å². The van der Waals surface area contributed by atoms with Gasteiger partial charge in [0.1, 0.15) is 0 Å². The average molecular weight is 950 g/mol. The van der Waals surface area contributed by atoms with Crippen molar-refractivity contribution in [3.63, 3.8) is 0 Å². The molecular weight excluding hydrogens is 841 g/mol. The minimum absolute atomic E-state index is 0.655. The number of rotatable bonds is 0. The standard InChI is InChI=1S/C10H12.C9H11N.C9H16O.C9H10.C8H9N.C8H14O.6C2H6/c1-2-6-10-8-4-3-7-9(10)5-1;2*1-2-6-9-8(4-1)5-3-7-10-9;1-2-5-9-7-3-6-8(9)4-1;2*1-3-7-4-2-6-9-8(7)5-1;6*1-2/h1-2,5-6H,3-4,7-8H2;3,5,7H,1-2,4,6H2;8-9H,1-7H2;1-2,4-5H,3,6-7H2;2,4,6H,1,3,5H2;7-8H,1-6H2;6*1-2H3. The average Bonchev–Trinajstić information content (AvgIpc) is 4.28. The van der Waals surface area contributed by atoms with Crippen molar-refractivity contribution in [2.75, 3.05) is 13.2 Å². The molecule has 390 valence electrons. The topological polar surface area (TPSA) is 44.2 Å². The van der Waals surface area contributed by atoms with Gasteiger partial charge >= 0.3 is 0 Å². The lowest BCUT2D eigenvalue weighted by molar-refractivity contribution is -0.0467. The smallest absolute Gasteiger partial charge is 0.0603 e. The largest absolute Gasteiger partial charge is 0.378 e. The summed E-state index contributed by atoms with van der Waals surface area (Å²) in [6.45, 7) is 26.1. The van der Waals surface area contributed by atoms with Crippen LogP contribution in [0.5, 0.6) is 0 Å². The Morgan fingerprint density at radius 2 is 0.609 bits per heavy atom. The van der Waals surface area contributed by atoms with Gasteiger partial charge in [-0.3, -0.25) is 9.97 Å². The molecule has 69 heavy (non-hydrogen) atoms. The van der Waals surface area contributed by atoms with Crippen LogP contribution < -0.4 is 0 Å². The van der Waals surface area contributed by atoms with Gasteiger partial charge in [0.05, 0.1) is 12.2 Å². The van der Waals surface area contributed by atoms with Crippen molar-refractivity contribution in [3.05, 3.63) is 130 Å². The molecule has 0 spiro atoms. The first-order valence-corrected chi connectivity index (χ1v) is 29.5. The maximum atomic E-state index is 5.68. The van der Waals surface area contributed by atoms with Gasteiger partial charge in [-0.05, 0) is 199 Å². The van der Waals surface area contributed by atoms with Gasteiger partial charge in [0.15, 0.2) is 0 Å². The maximum Gasteiger partial charge on any atom is 0.0603 e. The summed E-state index contributed by atoms with van der Waals surface area (Å²) < 4.78 is 11.3. The highest BCUT2D eigenvalue weighted by atomic mass is 16.5. The molecule has 0 bridgehead atoms. The van der Waals surface area contributed by atoms with Crippen LogP contribution in [0.2, 0.25) is 0 Å². The van der Waals surface area contributed by atoms with E-state index in [-0.39, 0.29) is 0 Å². The fraction of sp³-hybridized carbons (Fsp3) is 0.662. The van der Waals surface area contributed by atoms with Crippen LogP contribution in [0.3, 0.4) is 0 Å². The van der Waals surface area contributed by atoms with Crippen LogP contribution in [0.1, 0.15) is 237 Å². The third-order valence-electron chi connectivity index (χ3n) is 13.7. The molecule has 4 unspecified atom stereocenters. The van der Waals surface area contributed by atoms with Crippen LogP contribution in [0.25, 0.3) is 0 Å². The second kappa shape index (κ2) is 43.4. The molecule has 2 saturated heterocycles. The summed E-state index contributed by atoms with van der Waals surface area (Å²) in [6, 6.07) is 26.0. The van der Waals surface area contributed by atoms with E-state index in [1.165, 1.54) is 183 Å². The number of hydrogen-bond acceptors (Lipinski definition) is 4. The number of benzene rings is 2. The molecule has 4 aromatic rings. The van der Waals surface area contributed by atoms with E-state index in [9.17, 15) is 0 Å². The van der Waals surface area contributed by atoms with E-state index >= 15 is 0 Å². The molecule has 0 N–H and O–H groups in total. The molecule has 4 nitrogen and oxygen atoms in total. The molecule has 0 amide bonds. The quantitative estimate of drug-likeness (QED) is 0.176. The van der Waals surface area contributed by atoms with Crippen molar-refractivity contribution < 1.29 is 9.47 Å². The molecule has 8 aliphatic rings. The monoisotopic (exact) mass is 949 g/mol. The molecule has 2 saturated carbocycles. The Labute approximate surface area is 428 Å². The van der Waals surface area contributed by atoms with Crippen LogP contribution in [0.4, 0.5) is 0 Å². The third-order valence-corrected chi connectivity index (χ3v) is 13.7. The molecule has 4 atom stereocenters. The summed E-state index contributed by atoms with van der Waals surface area (Å²) in [4.78, 5) is 8.58. The fourth-order valence-corrected chi connectivity index (χ4v) is 10.5. The van der Waals surface area contributed by atoms with Crippen molar-refractivity contribution in [3.8, 4) is 0 Å². The molecule has 2 aromatic heterocycles. The predicted molar refractivity (Wildman–Crippen MR) is 304 cm³/mol. The Bertz CT molecular complexity index is 1520. The first-order chi connectivity index (χ1) is 34.3. The summed E-state index contributed by atoms with van der Waals surface area (Å²) in [5, 5.41) is 0. The highest BCUT2D eigenvalue weighted by Gasteiger charge is 2.30. The van der Waals surface area contributed by atoms with Crippen molar-refractivity contribution in [2.45, 2.75) is 256 Å². The number of fused-ring (bicyclic) bond motifs is 6. The normalized spacial score (nSPS) is 20.8. The van der Waals surface area contributed by atoms with E-state index in [0.717, 1.165) is 25.0 Å². The third kappa shape index (κ3) is 24.6. The van der Waals surface area contributed by atoms with Crippen LogP contribution in [0, 0.1) is 11.8 Å². The maximum absolute atomic E-state index is 5.68. The predicted octanol–water partition coefficient (Wildman–Crippen LogP) is 18.7. The molecular formula is C65H108N2O2. The van der Waals surface area contributed by atoms with Crippen molar-refractivity contribution in [2.24, 2.45) is 11.8 Å². The zero-order valence-electron chi connectivity index (χ0n) is 47.2. The van der Waals surface area contributed by atoms with Crippen molar-refractivity contribution in [1.29, 1.82) is 0 Å². The van der Waals surface area contributed by atoms with E-state index in [2.05, 4.69) is 70.6 Å². The Morgan fingerprint density at radius 3 is 1.04 bits per heavy atom. The minimum Gasteiger partial charge on any atom is -0.378 e. The zero-order chi connectivity index (χ0) is 50.7. The number of nitrogens with zero attached hydrogens (tertiary/aromatic N) is 2. The van der Waals surface area contributed by atoms with E-state index in [0.29, 0.717) is 12.2 Å². The molecule has 4 fully saturated rings. The molecule has 2 aromatic carbocycles. The molecule has 0 radical (unpaired) electrons. The van der Waals surface area contributed by atoms with Crippen LogP contribution in [0.15, 0.2) is 85.2 Å². The SMILES string of the molecule is C1CCC2OCCCC2C1.C1COC2CCCC2C1.CC.CC.CC.CC.CC.CC.c1ccc2c(c1)CCC2.c1ccc2c(c1)CCCC2.c1cnc2c(c1)CCC2.c1cnc2c(c1)CCCC2. The number of aryl methyl sites for hydroxylation is 8. The van der Waals surface area contributed by atoms with E-state index in [1.807, 2.05) is 108 Å². The fourth-order valence-electron chi connectivity index (χ4n) is 10.5. The van der Waals surface area contributed by atoms with Gasteiger partial charge < -0.3 is 9.47 Å². The van der Waals surface area contributed by atoms with Gasteiger partial charge in [-0.1, -0.05) is 163 Å². The summed E-state index contributed by atoms with van der Waals surface area (Å²) in [6.07, 6.45) is 38.6. The van der Waals surface area contributed by atoms with E-state index in [4.69, 9.17) is 9.47 Å². The first-order valence-electron chi connectivity index (χ1n) is 29.5. The van der Waals surface area contributed by atoms with Gasteiger partial charge in [0.25, 0.3) is 0 Å². The van der Waals surface area contributed by atoms with E-state index < -0.39 is 0 Å². The van der Waals surface area contributed by atoms with Crippen LogP contribution >= 0.6 is 0 Å². The summed E-state index contributed by atoms with van der Waals surface area (Å²) >= 11 is 0. The Kier molecular flexibility index (Phi) is 40.1. The van der Waals surface area contributed by atoms with Crippen molar-refractivity contribution in [1.82, 2.24) is 9.97 Å². The lowest BCUT2D eigenvalue weighted by atomic mass is 9.82. The Hall–Kier alpha value is -3.34. The molecule has 4 heteroatoms. The van der Waals surface area contributed by atoms with Gasteiger partial charge in [0, 0.05) is 37.0 Å². The molecule has 12 rings (SSSR count). The summed E-state index contributed by atoms with van der Waals surface area (Å²) in [5.74, 6) is 1.88. The highest BCUT2D eigenvalue weighted by Crippen LogP contribution is 2.35. The van der Waals surface area contributed by atoms with E-state index in [1.54, 1.807) is 22.3 Å². The van der Waals surface area contributed by atoms with Crippen LogP contribution in [-0.2, 0) is 60.8 Å². The minimum atomic E-state index is 0.655. The molecule has 2 aliphatic heterocycles. The second-order valence-corrected chi connectivity index (χ2v) is 17.7. The number of aromatic nitrogens is 2. The second-order valence-electron chi connectivity index (χ2n) is 17.7. The number of hydrogen-bond donors (Lipinski definition) is 0.